The Bertz CT molecular complexity index is 352. The summed E-state index contributed by atoms with van der Waals surface area (Å²) in [6.45, 7) is 0.500. The summed E-state index contributed by atoms with van der Waals surface area (Å²) < 4.78 is 0. The van der Waals surface area contributed by atoms with Gasteiger partial charge in [0.05, 0.1) is 6.04 Å². The summed E-state index contributed by atoms with van der Waals surface area (Å²) in [5, 5.41) is 2.71. The van der Waals surface area contributed by atoms with E-state index in [2.05, 4.69) is 5.32 Å². The van der Waals surface area contributed by atoms with Crippen molar-refractivity contribution in [2.45, 2.75) is 25.3 Å². The molecule has 0 bridgehead atoms. The fourth-order valence-corrected chi connectivity index (χ4v) is 1.49. The maximum atomic E-state index is 11.6. The zero-order valence-electron chi connectivity index (χ0n) is 9.76. The van der Waals surface area contributed by atoms with Crippen LogP contribution >= 0.6 is 0 Å². The molecule has 0 saturated heterocycles. The van der Waals surface area contributed by atoms with E-state index in [9.17, 15) is 9.59 Å². The number of rotatable bonds is 7. The van der Waals surface area contributed by atoms with Gasteiger partial charge in [-0.25, -0.2) is 0 Å². The molecule has 0 fully saturated rings. The first-order valence-corrected chi connectivity index (χ1v) is 5.75. The highest BCUT2D eigenvalue weighted by molar-refractivity contribution is 5.81. The lowest BCUT2D eigenvalue weighted by Gasteiger charge is -2.11. The molecule has 17 heavy (non-hydrogen) atoms. The van der Waals surface area contributed by atoms with E-state index in [1.165, 1.54) is 0 Å². The van der Waals surface area contributed by atoms with Crippen LogP contribution in [0.25, 0.3) is 0 Å². The van der Waals surface area contributed by atoms with E-state index in [1.807, 2.05) is 30.3 Å². The average molecular weight is 234 g/mol. The Labute approximate surface area is 101 Å². The van der Waals surface area contributed by atoms with Crippen LogP contribution in [0.1, 0.15) is 18.4 Å². The van der Waals surface area contributed by atoms with Crippen molar-refractivity contribution in [1.82, 2.24) is 5.32 Å². The lowest BCUT2D eigenvalue weighted by molar-refractivity contribution is -0.122. The van der Waals surface area contributed by atoms with E-state index in [-0.39, 0.29) is 5.91 Å². The zero-order chi connectivity index (χ0) is 12.5. The van der Waals surface area contributed by atoms with Crippen molar-refractivity contribution >= 4 is 12.2 Å². The summed E-state index contributed by atoms with van der Waals surface area (Å²) in [6.07, 6.45) is 2.50. The quantitative estimate of drug-likeness (QED) is 0.537. The molecular weight excluding hydrogens is 216 g/mol. The molecule has 0 heterocycles. The smallest absolute Gasteiger partial charge is 0.237 e. The van der Waals surface area contributed by atoms with E-state index in [0.29, 0.717) is 25.8 Å². The molecule has 0 aliphatic heterocycles. The molecule has 0 spiro atoms. The van der Waals surface area contributed by atoms with Crippen molar-refractivity contribution in [3.05, 3.63) is 35.9 Å². The van der Waals surface area contributed by atoms with Crippen LogP contribution < -0.4 is 11.1 Å². The van der Waals surface area contributed by atoms with Crippen molar-refractivity contribution in [3.8, 4) is 0 Å². The summed E-state index contributed by atoms with van der Waals surface area (Å²) in [6, 6.07) is 9.12. The Morgan fingerprint density at radius 1 is 1.35 bits per heavy atom. The molecule has 1 aromatic rings. The third kappa shape index (κ3) is 5.26. The fraction of sp³-hybridized carbons (Fsp3) is 0.385. The molecule has 1 rings (SSSR count). The number of hydrogen-bond acceptors (Lipinski definition) is 3. The van der Waals surface area contributed by atoms with Crippen LogP contribution in [0.15, 0.2) is 30.3 Å². The molecule has 4 nitrogen and oxygen atoms in total. The van der Waals surface area contributed by atoms with Crippen LogP contribution in [0, 0.1) is 0 Å². The minimum Gasteiger partial charge on any atom is -0.355 e. The number of hydrogen-bond donors (Lipinski definition) is 2. The van der Waals surface area contributed by atoms with Gasteiger partial charge in [0, 0.05) is 13.0 Å². The van der Waals surface area contributed by atoms with Crippen LogP contribution in [0.5, 0.6) is 0 Å². The minimum atomic E-state index is -0.534. The molecule has 0 aliphatic carbocycles. The van der Waals surface area contributed by atoms with Crippen molar-refractivity contribution in [2.75, 3.05) is 6.54 Å². The highest BCUT2D eigenvalue weighted by atomic mass is 16.2. The number of aldehydes is 1. The van der Waals surface area contributed by atoms with Gasteiger partial charge in [0.1, 0.15) is 6.29 Å². The number of nitrogens with two attached hydrogens (primary N) is 1. The molecule has 1 atom stereocenters. The Morgan fingerprint density at radius 3 is 2.71 bits per heavy atom. The second-order valence-electron chi connectivity index (χ2n) is 3.90. The molecule has 0 aliphatic rings. The summed E-state index contributed by atoms with van der Waals surface area (Å²) >= 11 is 0. The van der Waals surface area contributed by atoms with Crippen molar-refractivity contribution in [2.24, 2.45) is 5.73 Å². The molecule has 3 N–H and O–H groups in total. The van der Waals surface area contributed by atoms with E-state index >= 15 is 0 Å². The summed E-state index contributed by atoms with van der Waals surface area (Å²) in [4.78, 5) is 21.7. The van der Waals surface area contributed by atoms with Gasteiger partial charge in [0.2, 0.25) is 5.91 Å². The van der Waals surface area contributed by atoms with E-state index in [4.69, 9.17) is 5.73 Å². The summed E-state index contributed by atoms with van der Waals surface area (Å²) in [7, 11) is 0. The van der Waals surface area contributed by atoms with Crippen molar-refractivity contribution in [1.29, 1.82) is 0 Å². The van der Waals surface area contributed by atoms with Crippen LogP contribution in [0.2, 0.25) is 0 Å². The Balaban J connectivity index is 2.29. The molecule has 4 heteroatoms. The van der Waals surface area contributed by atoms with Gasteiger partial charge in [0.15, 0.2) is 0 Å². The van der Waals surface area contributed by atoms with Gasteiger partial charge in [-0.05, 0) is 18.4 Å². The van der Waals surface area contributed by atoms with E-state index in [1.54, 1.807) is 0 Å². The monoisotopic (exact) mass is 234 g/mol. The topological polar surface area (TPSA) is 72.2 Å². The molecule has 1 aromatic carbocycles. The van der Waals surface area contributed by atoms with Gasteiger partial charge in [-0.1, -0.05) is 30.3 Å². The first-order valence-electron chi connectivity index (χ1n) is 5.75. The standard InChI is InChI=1S/C13H18N2O2/c14-12(10-11-6-2-1-3-7-11)13(17)15-8-4-5-9-16/h1-3,6-7,9,12H,4-5,8,10,14H2,(H,15,17). The first-order chi connectivity index (χ1) is 8.24. The Morgan fingerprint density at radius 2 is 2.06 bits per heavy atom. The number of unbranched alkanes of at least 4 members (excludes halogenated alkanes) is 1. The van der Waals surface area contributed by atoms with Crippen molar-refractivity contribution < 1.29 is 9.59 Å². The first kappa shape index (κ1) is 13.4. The predicted octanol–water partition coefficient (Wildman–Crippen LogP) is 0.652. The van der Waals surface area contributed by atoms with Gasteiger partial charge in [-0.3, -0.25) is 4.79 Å². The molecule has 1 amide bonds. The number of nitrogens with one attached hydrogen (secondary N) is 1. The third-order valence-electron chi connectivity index (χ3n) is 2.43. The number of benzene rings is 1. The molecule has 0 radical (unpaired) electrons. The molecule has 92 valence electrons. The van der Waals surface area contributed by atoms with Crippen LogP contribution in [0.4, 0.5) is 0 Å². The molecule has 0 aromatic heterocycles. The number of carbonyl (C=O) groups excluding carboxylic acids is 2. The lowest BCUT2D eigenvalue weighted by Crippen LogP contribution is -2.42. The van der Waals surface area contributed by atoms with Gasteiger partial charge >= 0.3 is 0 Å². The van der Waals surface area contributed by atoms with E-state index in [0.717, 1.165) is 11.8 Å². The Kier molecular flexibility index (Phi) is 5.96. The second kappa shape index (κ2) is 7.57. The van der Waals surface area contributed by atoms with Crippen LogP contribution in [-0.4, -0.2) is 24.8 Å². The molecule has 0 saturated carbocycles. The van der Waals surface area contributed by atoms with Gasteiger partial charge < -0.3 is 15.8 Å². The third-order valence-corrected chi connectivity index (χ3v) is 2.43. The summed E-state index contributed by atoms with van der Waals surface area (Å²) in [5.41, 5.74) is 6.83. The average Bonchev–Trinajstić information content (AvgIpc) is 2.35. The van der Waals surface area contributed by atoms with Gasteiger partial charge in [-0.2, -0.15) is 0 Å². The maximum absolute atomic E-state index is 11.6. The summed E-state index contributed by atoms with van der Waals surface area (Å²) in [5.74, 6) is -0.167. The lowest BCUT2D eigenvalue weighted by atomic mass is 10.1. The van der Waals surface area contributed by atoms with Crippen LogP contribution in [-0.2, 0) is 16.0 Å². The highest BCUT2D eigenvalue weighted by Gasteiger charge is 2.12. The fourth-order valence-electron chi connectivity index (χ4n) is 1.49. The normalized spacial score (nSPS) is 11.8. The highest BCUT2D eigenvalue weighted by Crippen LogP contribution is 2.01. The predicted molar refractivity (Wildman–Crippen MR) is 66.4 cm³/mol. The zero-order valence-corrected chi connectivity index (χ0v) is 9.76. The van der Waals surface area contributed by atoms with E-state index < -0.39 is 6.04 Å². The molecular formula is C13H18N2O2. The number of carbonyl (C=O) groups is 2. The SMILES string of the molecule is NC(Cc1ccccc1)C(=O)NCCCC=O. The van der Waals surface area contributed by atoms with Crippen molar-refractivity contribution in [3.63, 3.8) is 0 Å². The minimum absolute atomic E-state index is 0.167. The second-order valence-corrected chi connectivity index (χ2v) is 3.90. The van der Waals surface area contributed by atoms with Gasteiger partial charge in [0.25, 0.3) is 0 Å². The molecule has 1 unspecified atom stereocenters. The van der Waals surface area contributed by atoms with Gasteiger partial charge in [-0.15, -0.1) is 0 Å². The number of amides is 1. The maximum Gasteiger partial charge on any atom is 0.237 e. The Hall–Kier alpha value is -1.68. The van der Waals surface area contributed by atoms with Crippen LogP contribution in [0.3, 0.4) is 0 Å². The largest absolute Gasteiger partial charge is 0.355 e.